The Morgan fingerprint density at radius 3 is 1.97 bits per heavy atom. The van der Waals surface area contributed by atoms with Crippen LogP contribution in [0.5, 0.6) is 0 Å². The first-order chi connectivity index (χ1) is 18.3. The Kier molecular flexibility index (Phi) is 12.3. The quantitative estimate of drug-likeness (QED) is 0.288. The summed E-state index contributed by atoms with van der Waals surface area (Å²) >= 11 is 0. The second-order valence-electron chi connectivity index (χ2n) is 14.0. The summed E-state index contributed by atoms with van der Waals surface area (Å²) in [6.07, 6.45) is 17.0. The fourth-order valence-electron chi connectivity index (χ4n) is 8.98. The number of carbonyl (C=O) groups is 3. The van der Waals surface area contributed by atoms with Gasteiger partial charge in [0.05, 0.1) is 12.8 Å². The van der Waals surface area contributed by atoms with Crippen LogP contribution in [0.2, 0.25) is 0 Å². The number of fused-ring (bicyclic) bond motifs is 5. The van der Waals surface area contributed by atoms with Crippen LogP contribution in [0.1, 0.15) is 131 Å². The van der Waals surface area contributed by atoms with E-state index in [0.717, 1.165) is 43.1 Å². The lowest BCUT2D eigenvalue weighted by atomic mass is 9.45. The maximum Gasteiger partial charge on any atom is 0.306 e. The van der Waals surface area contributed by atoms with Crippen molar-refractivity contribution in [1.29, 1.82) is 0 Å². The molecule has 4 fully saturated rings. The van der Waals surface area contributed by atoms with Gasteiger partial charge in [-0.1, -0.05) is 26.7 Å². The third-order valence-electron chi connectivity index (χ3n) is 10.7. The van der Waals surface area contributed by atoms with Crippen LogP contribution >= 0.6 is 0 Å². The molecule has 0 saturated heterocycles. The van der Waals surface area contributed by atoms with Crippen LogP contribution in [0.4, 0.5) is 0 Å². The smallest absolute Gasteiger partial charge is 0.306 e. The first-order valence-electron chi connectivity index (χ1n) is 15.4. The van der Waals surface area contributed by atoms with Crippen LogP contribution < -0.4 is 0 Å². The molecule has 0 aromatic heterocycles. The van der Waals surface area contributed by atoms with Crippen molar-refractivity contribution in [2.75, 3.05) is 7.11 Å². The summed E-state index contributed by atoms with van der Waals surface area (Å²) in [4.78, 5) is 31.4. The number of esters is 1. The third kappa shape index (κ3) is 8.68. The minimum atomic E-state index is -1.08. The maximum atomic E-state index is 12.1. The van der Waals surface area contributed by atoms with Gasteiger partial charge < -0.3 is 20.1 Å². The summed E-state index contributed by atoms with van der Waals surface area (Å²) in [5, 5.41) is 22.8. The second kappa shape index (κ2) is 14.3. The van der Waals surface area contributed by atoms with Crippen LogP contribution in [-0.2, 0) is 19.1 Å². The monoisotopic (exact) mass is 552 g/mol. The van der Waals surface area contributed by atoms with Gasteiger partial charge in [-0.15, -0.1) is 0 Å². The van der Waals surface area contributed by atoms with E-state index in [-0.39, 0.29) is 24.4 Å². The Balaban J connectivity index is 0.000000460. The van der Waals surface area contributed by atoms with E-state index in [4.69, 9.17) is 20.1 Å². The number of hydrogen-bond acceptors (Lipinski definition) is 5. The Morgan fingerprint density at radius 2 is 1.38 bits per heavy atom. The third-order valence-corrected chi connectivity index (χ3v) is 10.7. The molecule has 7 unspecified atom stereocenters. The van der Waals surface area contributed by atoms with Gasteiger partial charge in [0.2, 0.25) is 0 Å². The van der Waals surface area contributed by atoms with E-state index >= 15 is 0 Å². The summed E-state index contributed by atoms with van der Waals surface area (Å²) in [6.45, 7) is 11.2. The molecule has 7 nitrogen and oxygen atoms in total. The minimum absolute atomic E-state index is 0.00977. The van der Waals surface area contributed by atoms with Gasteiger partial charge in [0.1, 0.15) is 5.60 Å². The zero-order valence-corrected chi connectivity index (χ0v) is 25.5. The summed E-state index contributed by atoms with van der Waals surface area (Å²) in [5.74, 6) is 2.63. The molecule has 0 heterocycles. The lowest BCUT2D eigenvalue weighted by Gasteiger charge is -2.60. The van der Waals surface area contributed by atoms with Crippen molar-refractivity contribution in [3.63, 3.8) is 0 Å². The standard InChI is InChI=1S/C27H46O2.C4H6O4.CH4O/c1-25(2,3)29-24(28)11-8-10-20-13-15-22-21-14-12-19-9-6-7-17-26(19,4)23(21)16-18-27(20,22)5;5-3(6)1-2-4(7)8;1-2/h19-23H,6-18H2,1-5H3;1-2H2,(H,5,6)(H,7,8);2H,1H3. The number of aliphatic carboxylic acids is 2. The molecule has 4 rings (SSSR count). The number of aliphatic hydroxyl groups excluding tert-OH is 1. The summed E-state index contributed by atoms with van der Waals surface area (Å²) in [5.41, 5.74) is 0.832. The molecule has 3 N–H and O–H groups in total. The summed E-state index contributed by atoms with van der Waals surface area (Å²) in [6, 6.07) is 0. The molecule has 0 aliphatic heterocycles. The van der Waals surface area contributed by atoms with Gasteiger partial charge in [0, 0.05) is 13.5 Å². The zero-order chi connectivity index (χ0) is 29.4. The molecule has 39 heavy (non-hydrogen) atoms. The van der Waals surface area contributed by atoms with Gasteiger partial charge in [0.25, 0.3) is 0 Å². The van der Waals surface area contributed by atoms with E-state index < -0.39 is 11.9 Å². The van der Waals surface area contributed by atoms with Gasteiger partial charge in [-0.3, -0.25) is 14.4 Å². The van der Waals surface area contributed by atoms with E-state index in [1.807, 2.05) is 20.8 Å². The lowest BCUT2D eigenvalue weighted by molar-refractivity contribution is -0.155. The molecule has 0 aromatic rings. The van der Waals surface area contributed by atoms with Crippen molar-refractivity contribution in [3.8, 4) is 0 Å². The zero-order valence-electron chi connectivity index (χ0n) is 25.5. The molecule has 0 radical (unpaired) electrons. The number of ether oxygens (including phenoxy) is 1. The molecule has 4 aliphatic rings. The number of carbonyl (C=O) groups excluding carboxylic acids is 1. The molecular formula is C32H56O7. The van der Waals surface area contributed by atoms with Crippen LogP contribution in [-0.4, -0.2) is 45.9 Å². The van der Waals surface area contributed by atoms with Gasteiger partial charge >= 0.3 is 17.9 Å². The van der Waals surface area contributed by atoms with Crippen LogP contribution in [0.25, 0.3) is 0 Å². The SMILES string of the molecule is CC(C)(C)OC(=O)CCCC1CCC2C3CCC4CCCCC4(C)C3CCC12C.CO.O=C(O)CCC(=O)O. The normalized spacial score (nSPS) is 35.0. The number of carboxylic acids is 2. The van der Waals surface area contributed by atoms with Gasteiger partial charge in [-0.05, 0) is 125 Å². The summed E-state index contributed by atoms with van der Waals surface area (Å²) in [7, 11) is 1.00. The van der Waals surface area contributed by atoms with E-state index in [9.17, 15) is 14.4 Å². The Hall–Kier alpha value is -1.63. The predicted octanol–water partition coefficient (Wildman–Crippen LogP) is 7.09. The minimum Gasteiger partial charge on any atom is -0.481 e. The summed E-state index contributed by atoms with van der Waals surface area (Å²) < 4.78 is 5.53. The molecular weight excluding hydrogens is 496 g/mol. The van der Waals surface area contributed by atoms with E-state index in [0.29, 0.717) is 17.3 Å². The van der Waals surface area contributed by atoms with Crippen LogP contribution in [0.15, 0.2) is 0 Å². The second-order valence-corrected chi connectivity index (χ2v) is 14.0. The molecule has 7 atom stereocenters. The molecule has 226 valence electrons. The van der Waals surface area contributed by atoms with Crippen LogP contribution in [0, 0.1) is 40.4 Å². The number of hydrogen-bond donors (Lipinski definition) is 3. The van der Waals surface area contributed by atoms with Gasteiger partial charge in [-0.2, -0.15) is 0 Å². The Morgan fingerprint density at radius 1 is 0.769 bits per heavy atom. The van der Waals surface area contributed by atoms with Crippen molar-refractivity contribution in [2.24, 2.45) is 40.4 Å². The molecule has 4 saturated carbocycles. The van der Waals surface area contributed by atoms with E-state index in [1.165, 1.54) is 70.6 Å². The first kappa shape index (κ1) is 33.6. The van der Waals surface area contributed by atoms with Crippen molar-refractivity contribution in [1.82, 2.24) is 0 Å². The molecule has 7 heteroatoms. The number of rotatable bonds is 7. The largest absolute Gasteiger partial charge is 0.481 e. The molecule has 0 aromatic carbocycles. The van der Waals surface area contributed by atoms with Crippen molar-refractivity contribution >= 4 is 17.9 Å². The average Bonchev–Trinajstić information content (AvgIpc) is 3.19. The highest BCUT2D eigenvalue weighted by molar-refractivity contribution is 5.75. The van der Waals surface area contributed by atoms with Gasteiger partial charge in [-0.25, -0.2) is 0 Å². The lowest BCUT2D eigenvalue weighted by Crippen LogP contribution is -2.52. The maximum absolute atomic E-state index is 12.1. The number of aliphatic hydroxyl groups is 1. The average molecular weight is 553 g/mol. The Labute approximate surface area is 236 Å². The van der Waals surface area contributed by atoms with Crippen molar-refractivity contribution in [2.45, 2.75) is 137 Å². The van der Waals surface area contributed by atoms with Crippen LogP contribution in [0.3, 0.4) is 0 Å². The van der Waals surface area contributed by atoms with Crippen molar-refractivity contribution < 1.29 is 34.4 Å². The molecule has 0 amide bonds. The fourth-order valence-corrected chi connectivity index (χ4v) is 8.98. The van der Waals surface area contributed by atoms with Crippen molar-refractivity contribution in [3.05, 3.63) is 0 Å². The predicted molar refractivity (Wildman–Crippen MR) is 152 cm³/mol. The highest BCUT2D eigenvalue weighted by atomic mass is 16.6. The first-order valence-corrected chi connectivity index (χ1v) is 15.4. The molecule has 4 aliphatic carbocycles. The topological polar surface area (TPSA) is 121 Å². The van der Waals surface area contributed by atoms with E-state index in [1.54, 1.807) is 0 Å². The Bertz CT molecular complexity index is 804. The highest BCUT2D eigenvalue weighted by Gasteiger charge is 2.59. The van der Waals surface area contributed by atoms with E-state index in [2.05, 4.69) is 13.8 Å². The highest BCUT2D eigenvalue weighted by Crippen LogP contribution is 2.67. The molecule has 0 bridgehead atoms. The molecule has 0 spiro atoms. The number of carboxylic acid groups (broad SMARTS) is 2. The fraction of sp³-hybridized carbons (Fsp3) is 0.906. The van der Waals surface area contributed by atoms with Gasteiger partial charge in [0.15, 0.2) is 0 Å².